The first kappa shape index (κ1) is 20.3. The Morgan fingerprint density at radius 3 is 2.52 bits per heavy atom. The largest absolute Gasteiger partial charge is 0.493 e. The predicted octanol–water partition coefficient (Wildman–Crippen LogP) is 1.23. The lowest BCUT2D eigenvalue weighted by atomic mass is 10.1. The van der Waals surface area contributed by atoms with E-state index >= 15 is 0 Å². The molecular weight excluding hydrogens is 348 g/mol. The molecule has 0 saturated heterocycles. The smallest absolute Gasteiger partial charge is 0.203 e. The first-order valence-electron chi connectivity index (χ1n) is 8.77. The summed E-state index contributed by atoms with van der Waals surface area (Å²) in [6.45, 7) is 4.05. The van der Waals surface area contributed by atoms with Crippen molar-refractivity contribution in [3.05, 3.63) is 29.8 Å². The van der Waals surface area contributed by atoms with E-state index in [9.17, 15) is 0 Å². The Kier molecular flexibility index (Phi) is 7.72. The van der Waals surface area contributed by atoms with Crippen molar-refractivity contribution in [3.63, 3.8) is 0 Å². The fourth-order valence-corrected chi connectivity index (χ4v) is 2.74. The number of nitrogens with one attached hydrogen (secondary N) is 2. The van der Waals surface area contributed by atoms with Gasteiger partial charge in [-0.3, -0.25) is 4.99 Å². The van der Waals surface area contributed by atoms with Gasteiger partial charge in [0.15, 0.2) is 17.5 Å². The molecule has 9 nitrogen and oxygen atoms in total. The molecule has 0 unspecified atom stereocenters. The summed E-state index contributed by atoms with van der Waals surface area (Å²) in [7, 11) is 6.53. The van der Waals surface area contributed by atoms with Crippen LogP contribution in [0.2, 0.25) is 0 Å². The minimum absolute atomic E-state index is 0.524. The third-order valence-corrected chi connectivity index (χ3v) is 4.11. The number of aliphatic imine (C=N–C) groups is 1. The Balaban J connectivity index is 1.96. The van der Waals surface area contributed by atoms with E-state index in [1.54, 1.807) is 34.7 Å². The van der Waals surface area contributed by atoms with Gasteiger partial charge in [-0.25, -0.2) is 0 Å². The van der Waals surface area contributed by atoms with Crippen LogP contribution in [0.25, 0.3) is 0 Å². The molecule has 1 aromatic carbocycles. The van der Waals surface area contributed by atoms with Gasteiger partial charge < -0.3 is 29.4 Å². The van der Waals surface area contributed by atoms with Gasteiger partial charge in [0.05, 0.1) is 21.3 Å². The summed E-state index contributed by atoms with van der Waals surface area (Å²) in [5.41, 5.74) is 0.935. The van der Waals surface area contributed by atoms with Crippen LogP contribution >= 0.6 is 0 Å². The molecule has 27 heavy (non-hydrogen) atoms. The highest BCUT2D eigenvalue weighted by Gasteiger charge is 2.15. The van der Waals surface area contributed by atoms with Crippen molar-refractivity contribution in [2.75, 3.05) is 34.9 Å². The number of guanidine groups is 1. The number of hydrogen-bond acceptors (Lipinski definition) is 6. The fourth-order valence-electron chi connectivity index (χ4n) is 2.74. The Hall–Kier alpha value is -2.97. The molecule has 0 amide bonds. The van der Waals surface area contributed by atoms with Gasteiger partial charge in [0.2, 0.25) is 5.75 Å². The lowest BCUT2D eigenvalue weighted by molar-refractivity contribution is 0.322. The third kappa shape index (κ3) is 5.02. The maximum atomic E-state index is 5.51. The topological polar surface area (TPSA) is 94.8 Å². The maximum absolute atomic E-state index is 5.51. The van der Waals surface area contributed by atoms with Crippen LogP contribution in [0.15, 0.2) is 23.5 Å². The highest BCUT2D eigenvalue weighted by Crippen LogP contribution is 2.39. The Morgan fingerprint density at radius 2 is 1.89 bits per heavy atom. The summed E-state index contributed by atoms with van der Waals surface area (Å²) in [6, 6.07) is 3.79. The van der Waals surface area contributed by atoms with E-state index in [1.807, 2.05) is 16.7 Å². The second-order valence-corrected chi connectivity index (χ2v) is 5.64. The zero-order valence-electron chi connectivity index (χ0n) is 16.6. The number of nitrogens with zero attached hydrogens (tertiary/aromatic N) is 4. The number of aryl methyl sites for hydroxylation is 1. The summed E-state index contributed by atoms with van der Waals surface area (Å²) in [4.78, 5) is 4.25. The summed E-state index contributed by atoms with van der Waals surface area (Å²) < 4.78 is 18.3. The fraction of sp³-hybridized carbons (Fsp3) is 0.500. The van der Waals surface area contributed by atoms with Crippen molar-refractivity contribution in [3.8, 4) is 17.2 Å². The number of rotatable bonds is 9. The summed E-state index contributed by atoms with van der Waals surface area (Å²) >= 11 is 0. The van der Waals surface area contributed by atoms with Gasteiger partial charge in [-0.1, -0.05) is 6.92 Å². The highest BCUT2D eigenvalue weighted by atomic mass is 16.5. The number of hydrogen-bond donors (Lipinski definition) is 2. The predicted molar refractivity (Wildman–Crippen MR) is 104 cm³/mol. The maximum Gasteiger partial charge on any atom is 0.203 e. The van der Waals surface area contributed by atoms with Gasteiger partial charge in [0.25, 0.3) is 0 Å². The first-order valence-corrected chi connectivity index (χ1v) is 8.77. The van der Waals surface area contributed by atoms with Crippen molar-refractivity contribution >= 4 is 5.96 Å². The lowest BCUT2D eigenvalue weighted by Crippen LogP contribution is -2.38. The van der Waals surface area contributed by atoms with Crippen LogP contribution in [-0.4, -0.2) is 55.6 Å². The molecular formula is C18H28N6O3. The number of methoxy groups -OCH3 is 3. The van der Waals surface area contributed by atoms with Crippen LogP contribution < -0.4 is 24.8 Å². The van der Waals surface area contributed by atoms with Crippen LogP contribution in [0, 0.1) is 0 Å². The molecule has 148 valence electrons. The van der Waals surface area contributed by atoms with Gasteiger partial charge in [-0.2, -0.15) is 0 Å². The average molecular weight is 376 g/mol. The molecule has 0 saturated carbocycles. The molecule has 1 heterocycles. The molecule has 0 fully saturated rings. The first-order chi connectivity index (χ1) is 13.2. The van der Waals surface area contributed by atoms with Crippen LogP contribution in [0.3, 0.4) is 0 Å². The van der Waals surface area contributed by atoms with Crippen LogP contribution in [0.4, 0.5) is 0 Å². The van der Waals surface area contributed by atoms with Gasteiger partial charge >= 0.3 is 0 Å². The molecule has 2 aromatic rings. The SMILES string of the molecule is CCc1nncn1CCNC(=NC)NCc1ccc(OC)c(OC)c1OC. The number of benzene rings is 1. The van der Waals surface area contributed by atoms with Crippen LogP contribution in [0.1, 0.15) is 18.3 Å². The monoisotopic (exact) mass is 376 g/mol. The minimum Gasteiger partial charge on any atom is -0.493 e. The molecule has 9 heteroatoms. The van der Waals surface area contributed by atoms with E-state index < -0.39 is 0 Å². The Bertz CT molecular complexity index is 760. The zero-order valence-corrected chi connectivity index (χ0v) is 16.6. The molecule has 2 N–H and O–H groups in total. The van der Waals surface area contributed by atoms with E-state index in [4.69, 9.17) is 14.2 Å². The molecule has 0 aliphatic rings. The standard InChI is InChI=1S/C18H28N6O3/c1-6-15-23-22-12-24(15)10-9-20-18(19-2)21-11-13-7-8-14(25-3)17(27-5)16(13)26-4/h7-8,12H,6,9-11H2,1-5H3,(H2,19,20,21). The zero-order chi connectivity index (χ0) is 19.6. The van der Waals surface area contributed by atoms with Gasteiger partial charge in [-0.15, -0.1) is 10.2 Å². The Labute approximate surface area is 159 Å². The van der Waals surface area contributed by atoms with Crippen molar-refractivity contribution in [1.82, 2.24) is 25.4 Å². The molecule has 0 spiro atoms. The lowest BCUT2D eigenvalue weighted by Gasteiger charge is -2.17. The van der Waals surface area contributed by atoms with Crippen molar-refractivity contribution < 1.29 is 14.2 Å². The van der Waals surface area contributed by atoms with Crippen LogP contribution in [-0.2, 0) is 19.5 Å². The quantitative estimate of drug-likeness (QED) is 0.502. The second kappa shape index (κ2) is 10.2. The van der Waals surface area contributed by atoms with Gasteiger partial charge in [0.1, 0.15) is 12.2 Å². The number of aromatic nitrogens is 3. The molecule has 0 atom stereocenters. The summed E-state index contributed by atoms with van der Waals surface area (Å²) in [6.07, 6.45) is 2.59. The number of ether oxygens (including phenoxy) is 3. The molecule has 2 rings (SSSR count). The molecule has 0 aliphatic heterocycles. The van der Waals surface area contributed by atoms with E-state index in [1.165, 1.54) is 0 Å². The van der Waals surface area contributed by atoms with E-state index in [0.717, 1.165) is 24.4 Å². The van der Waals surface area contributed by atoms with E-state index in [2.05, 4.69) is 32.7 Å². The van der Waals surface area contributed by atoms with Crippen molar-refractivity contribution in [2.24, 2.45) is 4.99 Å². The van der Waals surface area contributed by atoms with Crippen molar-refractivity contribution in [1.29, 1.82) is 0 Å². The molecule has 1 aromatic heterocycles. The van der Waals surface area contributed by atoms with E-state index in [0.29, 0.717) is 36.3 Å². The second-order valence-electron chi connectivity index (χ2n) is 5.64. The van der Waals surface area contributed by atoms with E-state index in [-0.39, 0.29) is 0 Å². The third-order valence-electron chi connectivity index (χ3n) is 4.11. The average Bonchev–Trinajstić information content (AvgIpc) is 3.16. The highest BCUT2D eigenvalue weighted by molar-refractivity contribution is 5.79. The molecule has 0 aliphatic carbocycles. The minimum atomic E-state index is 0.524. The molecule has 0 bridgehead atoms. The van der Waals surface area contributed by atoms with Gasteiger partial charge in [-0.05, 0) is 12.1 Å². The van der Waals surface area contributed by atoms with Crippen molar-refractivity contribution in [2.45, 2.75) is 26.4 Å². The van der Waals surface area contributed by atoms with Gasteiger partial charge in [0, 0.05) is 38.7 Å². The molecule has 0 radical (unpaired) electrons. The normalized spacial score (nSPS) is 11.2. The van der Waals surface area contributed by atoms with Crippen LogP contribution in [0.5, 0.6) is 17.2 Å². The summed E-state index contributed by atoms with van der Waals surface area (Å²) in [5, 5.41) is 14.6. The Morgan fingerprint density at radius 1 is 1.11 bits per heavy atom. The summed E-state index contributed by atoms with van der Waals surface area (Å²) in [5.74, 6) is 3.49.